The number of halogens is 1. The third kappa shape index (κ3) is 2.31. The van der Waals surface area contributed by atoms with Crippen LogP contribution in [-0.2, 0) is 4.79 Å². The van der Waals surface area contributed by atoms with Crippen molar-refractivity contribution in [2.45, 2.75) is 37.2 Å². The van der Waals surface area contributed by atoms with Gasteiger partial charge < -0.3 is 14.6 Å². The number of carboxylic acids is 1. The van der Waals surface area contributed by atoms with Crippen molar-refractivity contribution >= 4 is 35.2 Å². The molecule has 108 valence electrons. The molecule has 2 aliphatic rings. The van der Waals surface area contributed by atoms with Crippen LogP contribution in [0.4, 0.5) is 0 Å². The van der Waals surface area contributed by atoms with Crippen molar-refractivity contribution in [3.05, 3.63) is 23.0 Å². The molecule has 1 saturated heterocycles. The van der Waals surface area contributed by atoms with Crippen LogP contribution in [0.2, 0.25) is 5.02 Å². The van der Waals surface area contributed by atoms with Crippen LogP contribution in [0, 0.1) is 0 Å². The number of hydrogen-bond acceptors (Lipinski definition) is 3. The van der Waals surface area contributed by atoms with E-state index in [2.05, 4.69) is 0 Å². The Morgan fingerprint density at radius 3 is 2.75 bits per heavy atom. The molecule has 1 saturated carbocycles. The van der Waals surface area contributed by atoms with E-state index in [0.717, 1.165) is 12.8 Å². The minimum atomic E-state index is -0.953. The fourth-order valence-electron chi connectivity index (χ4n) is 2.55. The highest BCUT2D eigenvalue weighted by atomic mass is 35.5. The Morgan fingerprint density at radius 2 is 2.15 bits per heavy atom. The Balaban J connectivity index is 1.93. The third-order valence-electron chi connectivity index (χ3n) is 3.72. The quantitative estimate of drug-likeness (QED) is 0.931. The summed E-state index contributed by atoms with van der Waals surface area (Å²) in [4.78, 5) is 25.5. The van der Waals surface area contributed by atoms with Gasteiger partial charge in [0.15, 0.2) is 0 Å². The van der Waals surface area contributed by atoms with Crippen molar-refractivity contribution in [2.75, 3.05) is 5.75 Å². The summed E-state index contributed by atoms with van der Waals surface area (Å²) < 4.78 is 1.89. The van der Waals surface area contributed by atoms with Crippen LogP contribution in [0.1, 0.15) is 36.3 Å². The Morgan fingerprint density at radius 1 is 1.45 bits per heavy atom. The molecule has 1 aliphatic carbocycles. The van der Waals surface area contributed by atoms with Crippen LogP contribution in [0.3, 0.4) is 0 Å². The Bertz CT molecular complexity index is 570. The molecular formula is C13H15ClN2O3S. The lowest BCUT2D eigenvalue weighted by molar-refractivity contribution is -0.141. The van der Waals surface area contributed by atoms with Crippen molar-refractivity contribution in [3.8, 4) is 0 Å². The number of rotatable bonds is 3. The molecule has 1 aromatic heterocycles. The largest absolute Gasteiger partial charge is 0.480 e. The maximum absolute atomic E-state index is 12.7. The lowest BCUT2D eigenvalue weighted by Gasteiger charge is -2.25. The van der Waals surface area contributed by atoms with E-state index >= 15 is 0 Å². The number of aliphatic carboxylic acids is 1. The summed E-state index contributed by atoms with van der Waals surface area (Å²) in [6, 6.07) is 1.20. The molecule has 2 unspecified atom stereocenters. The average Bonchev–Trinajstić information content (AvgIpc) is 3.05. The predicted molar refractivity (Wildman–Crippen MR) is 77.2 cm³/mol. The van der Waals surface area contributed by atoms with Crippen molar-refractivity contribution in [1.82, 2.24) is 9.47 Å². The van der Waals surface area contributed by atoms with Crippen molar-refractivity contribution in [1.29, 1.82) is 0 Å². The maximum atomic E-state index is 12.7. The first-order chi connectivity index (χ1) is 9.49. The molecule has 1 N–H and O–H groups in total. The van der Waals surface area contributed by atoms with E-state index in [-0.39, 0.29) is 11.3 Å². The monoisotopic (exact) mass is 314 g/mol. The third-order valence-corrected chi connectivity index (χ3v) is 5.14. The van der Waals surface area contributed by atoms with Gasteiger partial charge in [0, 0.05) is 18.0 Å². The average molecular weight is 315 g/mol. The van der Waals surface area contributed by atoms with E-state index in [9.17, 15) is 14.7 Å². The Labute approximate surface area is 125 Å². The smallest absolute Gasteiger partial charge is 0.327 e. The Hall–Kier alpha value is -1.14. The van der Waals surface area contributed by atoms with Gasteiger partial charge in [-0.2, -0.15) is 0 Å². The molecule has 1 amide bonds. The summed E-state index contributed by atoms with van der Waals surface area (Å²) in [6.45, 7) is 1.86. The first kappa shape index (κ1) is 13.8. The standard InChI is InChI=1S/C13H15ClN2O3S/c1-7-16(11(6-20-7)13(18)19)12(17)10-4-8(14)5-15(10)9-2-3-9/h4-5,7,9,11H,2-3,6H2,1H3,(H,18,19). The minimum absolute atomic E-state index is 0.134. The highest BCUT2D eigenvalue weighted by Crippen LogP contribution is 2.39. The number of nitrogens with zero attached hydrogens (tertiary/aromatic N) is 2. The van der Waals surface area contributed by atoms with Gasteiger partial charge in [-0.05, 0) is 25.8 Å². The molecule has 2 heterocycles. The molecule has 5 nitrogen and oxygen atoms in total. The van der Waals surface area contributed by atoms with Crippen LogP contribution >= 0.6 is 23.4 Å². The zero-order valence-electron chi connectivity index (χ0n) is 11.0. The maximum Gasteiger partial charge on any atom is 0.327 e. The molecule has 2 fully saturated rings. The molecule has 0 radical (unpaired) electrons. The normalized spacial score (nSPS) is 26.0. The summed E-state index contributed by atoms with van der Waals surface area (Å²) in [5, 5.41) is 9.64. The second kappa shape index (κ2) is 5.00. The van der Waals surface area contributed by atoms with E-state index in [1.54, 1.807) is 12.3 Å². The molecule has 0 bridgehead atoms. The lowest BCUT2D eigenvalue weighted by atomic mass is 10.2. The van der Waals surface area contributed by atoms with Gasteiger partial charge >= 0.3 is 5.97 Å². The first-order valence-corrected chi connectivity index (χ1v) is 7.96. The van der Waals surface area contributed by atoms with E-state index in [4.69, 9.17) is 11.6 Å². The molecule has 0 spiro atoms. The summed E-state index contributed by atoms with van der Waals surface area (Å²) in [7, 11) is 0. The zero-order chi connectivity index (χ0) is 14.4. The van der Waals surface area contributed by atoms with E-state index in [0.29, 0.717) is 22.5 Å². The molecule has 7 heteroatoms. The number of amides is 1. The van der Waals surface area contributed by atoms with Crippen molar-refractivity contribution < 1.29 is 14.7 Å². The number of carbonyl (C=O) groups is 2. The van der Waals surface area contributed by atoms with Gasteiger partial charge in [-0.15, -0.1) is 11.8 Å². The molecule has 2 atom stereocenters. The molecule has 20 heavy (non-hydrogen) atoms. The summed E-state index contributed by atoms with van der Waals surface area (Å²) in [5.74, 6) is -0.764. The summed E-state index contributed by atoms with van der Waals surface area (Å²) in [5.41, 5.74) is 0.498. The molecule has 0 aromatic carbocycles. The molecule has 3 rings (SSSR count). The highest BCUT2D eigenvalue weighted by molar-refractivity contribution is 8.00. The van der Waals surface area contributed by atoms with Crippen LogP contribution in [0.5, 0.6) is 0 Å². The minimum Gasteiger partial charge on any atom is -0.480 e. The number of thioether (sulfide) groups is 1. The topological polar surface area (TPSA) is 62.5 Å². The second-order valence-corrected chi connectivity index (χ2v) is 6.97. The Kier molecular flexibility index (Phi) is 3.46. The van der Waals surface area contributed by atoms with Gasteiger partial charge in [0.05, 0.1) is 10.4 Å². The van der Waals surface area contributed by atoms with Crippen molar-refractivity contribution in [3.63, 3.8) is 0 Å². The van der Waals surface area contributed by atoms with Gasteiger partial charge in [-0.25, -0.2) is 4.79 Å². The van der Waals surface area contributed by atoms with Gasteiger partial charge in [-0.3, -0.25) is 4.79 Å². The fraction of sp³-hybridized carbons (Fsp3) is 0.538. The fourth-order valence-corrected chi connectivity index (χ4v) is 3.92. The molecule has 1 aliphatic heterocycles. The van der Waals surface area contributed by atoms with E-state index in [1.165, 1.54) is 16.7 Å². The summed E-state index contributed by atoms with van der Waals surface area (Å²) in [6.07, 6.45) is 3.84. The van der Waals surface area contributed by atoms with Crippen LogP contribution in [0.15, 0.2) is 12.3 Å². The number of carbonyl (C=O) groups excluding carboxylic acids is 1. The zero-order valence-corrected chi connectivity index (χ0v) is 12.5. The van der Waals surface area contributed by atoms with Crippen LogP contribution in [-0.4, -0.2) is 43.6 Å². The number of aromatic nitrogens is 1. The van der Waals surface area contributed by atoms with Crippen LogP contribution in [0.25, 0.3) is 0 Å². The van der Waals surface area contributed by atoms with Crippen molar-refractivity contribution in [2.24, 2.45) is 0 Å². The SMILES string of the molecule is CC1SCC(C(=O)O)N1C(=O)c1cc(Cl)cn1C1CC1. The molecular weight excluding hydrogens is 300 g/mol. The van der Waals surface area contributed by atoms with Gasteiger partial charge in [0.1, 0.15) is 11.7 Å². The number of carboxylic acid groups (broad SMARTS) is 1. The first-order valence-electron chi connectivity index (χ1n) is 6.53. The highest BCUT2D eigenvalue weighted by Gasteiger charge is 2.41. The summed E-state index contributed by atoms with van der Waals surface area (Å²) >= 11 is 7.49. The van der Waals surface area contributed by atoms with Gasteiger partial charge in [0.2, 0.25) is 0 Å². The number of hydrogen-bond donors (Lipinski definition) is 1. The van der Waals surface area contributed by atoms with Gasteiger partial charge in [-0.1, -0.05) is 11.6 Å². The van der Waals surface area contributed by atoms with E-state index in [1.807, 2.05) is 11.5 Å². The molecule has 1 aromatic rings. The van der Waals surface area contributed by atoms with Gasteiger partial charge in [0.25, 0.3) is 5.91 Å². The van der Waals surface area contributed by atoms with E-state index < -0.39 is 12.0 Å². The second-order valence-electron chi connectivity index (χ2n) is 5.18. The predicted octanol–water partition coefficient (Wildman–Crippen LogP) is 2.46. The lowest BCUT2D eigenvalue weighted by Crippen LogP contribution is -2.45. The van der Waals surface area contributed by atoms with Crippen LogP contribution < -0.4 is 0 Å².